The fourth-order valence-corrected chi connectivity index (χ4v) is 3.67. The highest BCUT2D eigenvalue weighted by Crippen LogP contribution is 2.31. The van der Waals surface area contributed by atoms with Crippen LogP contribution in [0.3, 0.4) is 0 Å². The molecule has 7 nitrogen and oxygen atoms in total. The van der Waals surface area contributed by atoms with E-state index < -0.39 is 10.0 Å². The van der Waals surface area contributed by atoms with Crippen LogP contribution in [0.5, 0.6) is 0 Å². The van der Waals surface area contributed by atoms with Crippen LogP contribution >= 0.6 is 11.6 Å². The minimum absolute atomic E-state index is 0.109. The van der Waals surface area contributed by atoms with Crippen LogP contribution in [0.15, 0.2) is 28.8 Å². The Labute approximate surface area is 139 Å². The SMILES string of the molecule is CN1C[C@@H](NS(C)(=O)=O)C[C@H]1c1nc(-c2ccc(Cl)cc2)no1. The van der Waals surface area contributed by atoms with Crippen molar-refractivity contribution < 1.29 is 12.9 Å². The Morgan fingerprint density at radius 2 is 2.04 bits per heavy atom. The number of hydrogen-bond donors (Lipinski definition) is 1. The molecule has 1 aromatic heterocycles. The van der Waals surface area contributed by atoms with Crippen molar-refractivity contribution in [2.45, 2.75) is 18.5 Å². The number of halogens is 1. The first-order valence-electron chi connectivity index (χ1n) is 7.09. The van der Waals surface area contributed by atoms with Gasteiger partial charge in [0.1, 0.15) is 0 Å². The first-order valence-corrected chi connectivity index (χ1v) is 9.36. The summed E-state index contributed by atoms with van der Waals surface area (Å²) >= 11 is 5.87. The summed E-state index contributed by atoms with van der Waals surface area (Å²) in [6, 6.07) is 6.90. The van der Waals surface area contributed by atoms with Crippen LogP contribution in [0.2, 0.25) is 5.02 Å². The van der Waals surface area contributed by atoms with Gasteiger partial charge < -0.3 is 4.52 Å². The molecule has 1 N–H and O–H groups in total. The van der Waals surface area contributed by atoms with Crippen molar-refractivity contribution in [1.29, 1.82) is 0 Å². The van der Waals surface area contributed by atoms with Crippen molar-refractivity contribution in [3.8, 4) is 11.4 Å². The molecule has 2 heterocycles. The van der Waals surface area contributed by atoms with Crippen LogP contribution in [0.25, 0.3) is 11.4 Å². The van der Waals surface area contributed by atoms with Crippen molar-refractivity contribution in [3.63, 3.8) is 0 Å². The number of sulfonamides is 1. The van der Waals surface area contributed by atoms with Gasteiger partial charge in [0.25, 0.3) is 0 Å². The maximum atomic E-state index is 11.4. The van der Waals surface area contributed by atoms with E-state index in [9.17, 15) is 8.42 Å². The number of benzene rings is 1. The summed E-state index contributed by atoms with van der Waals surface area (Å²) in [5.74, 6) is 0.972. The molecule has 1 aromatic carbocycles. The van der Waals surface area contributed by atoms with Gasteiger partial charge >= 0.3 is 0 Å². The van der Waals surface area contributed by atoms with Crippen LogP contribution in [0.1, 0.15) is 18.4 Å². The third-order valence-electron chi connectivity index (χ3n) is 3.76. The molecule has 0 bridgehead atoms. The summed E-state index contributed by atoms with van der Waals surface area (Å²) < 4.78 is 30.7. The summed E-state index contributed by atoms with van der Waals surface area (Å²) in [5.41, 5.74) is 0.816. The van der Waals surface area contributed by atoms with Gasteiger partial charge in [-0.1, -0.05) is 16.8 Å². The van der Waals surface area contributed by atoms with Crippen LogP contribution in [-0.4, -0.2) is 49.3 Å². The Bertz CT molecular complexity index is 791. The van der Waals surface area contributed by atoms with Crippen molar-refractivity contribution >= 4 is 21.6 Å². The molecule has 23 heavy (non-hydrogen) atoms. The average Bonchev–Trinajstić information content (AvgIpc) is 3.04. The minimum Gasteiger partial charge on any atom is -0.337 e. The van der Waals surface area contributed by atoms with Gasteiger partial charge in [-0.2, -0.15) is 4.98 Å². The zero-order valence-corrected chi connectivity index (χ0v) is 14.3. The first-order chi connectivity index (χ1) is 10.8. The first kappa shape index (κ1) is 16.4. The average molecular weight is 357 g/mol. The molecular formula is C14H17ClN4O3S. The zero-order chi connectivity index (χ0) is 16.6. The minimum atomic E-state index is -3.23. The van der Waals surface area contributed by atoms with Gasteiger partial charge in [-0.3, -0.25) is 4.90 Å². The molecule has 9 heteroatoms. The van der Waals surface area contributed by atoms with Crippen molar-refractivity contribution in [3.05, 3.63) is 35.2 Å². The summed E-state index contributed by atoms with van der Waals surface area (Å²) in [6.07, 6.45) is 1.75. The number of likely N-dealkylation sites (N-methyl/N-ethyl adjacent to an activating group) is 1. The predicted octanol–water partition coefficient (Wildman–Crippen LogP) is 1.68. The van der Waals surface area contributed by atoms with E-state index in [-0.39, 0.29) is 12.1 Å². The maximum absolute atomic E-state index is 11.4. The lowest BCUT2D eigenvalue weighted by Gasteiger charge is -2.14. The summed E-state index contributed by atoms with van der Waals surface area (Å²) in [6.45, 7) is 0.594. The molecule has 124 valence electrons. The lowest BCUT2D eigenvalue weighted by molar-refractivity contribution is 0.244. The van der Waals surface area contributed by atoms with E-state index in [0.29, 0.717) is 29.7 Å². The number of nitrogens with zero attached hydrogens (tertiary/aromatic N) is 3. The lowest BCUT2D eigenvalue weighted by atomic mass is 10.2. The molecular weight excluding hydrogens is 340 g/mol. The fourth-order valence-electron chi connectivity index (χ4n) is 2.76. The second-order valence-electron chi connectivity index (χ2n) is 5.74. The standard InChI is InChI=1S/C14H17ClN4O3S/c1-19-8-11(18-23(2,20)21)7-12(19)14-16-13(17-22-14)9-3-5-10(15)6-4-9/h3-6,11-12,18H,7-8H2,1-2H3/t11-,12-/m0/s1. The highest BCUT2D eigenvalue weighted by molar-refractivity contribution is 7.88. The van der Waals surface area contributed by atoms with Gasteiger partial charge in [-0.25, -0.2) is 13.1 Å². The molecule has 1 aliphatic heterocycles. The van der Waals surface area contributed by atoms with Crippen molar-refractivity contribution in [2.75, 3.05) is 19.8 Å². The number of likely N-dealkylation sites (tertiary alicyclic amines) is 1. The normalized spacial score (nSPS) is 22.6. The van der Waals surface area contributed by atoms with Gasteiger partial charge in [0.2, 0.25) is 21.7 Å². The molecule has 0 unspecified atom stereocenters. The van der Waals surface area contributed by atoms with E-state index in [1.165, 1.54) is 0 Å². The number of rotatable bonds is 4. The van der Waals surface area contributed by atoms with Gasteiger partial charge in [0.15, 0.2) is 0 Å². The Hall–Kier alpha value is -1.48. The Morgan fingerprint density at radius 1 is 1.35 bits per heavy atom. The summed E-state index contributed by atoms with van der Waals surface area (Å²) in [4.78, 5) is 6.44. The third-order valence-corrected chi connectivity index (χ3v) is 4.77. The number of aromatic nitrogens is 2. The molecule has 0 spiro atoms. The van der Waals surface area contributed by atoms with E-state index in [4.69, 9.17) is 16.1 Å². The van der Waals surface area contributed by atoms with Crippen LogP contribution < -0.4 is 4.72 Å². The Balaban J connectivity index is 1.76. The molecule has 2 aromatic rings. The van der Waals surface area contributed by atoms with E-state index in [0.717, 1.165) is 11.8 Å². The van der Waals surface area contributed by atoms with Gasteiger partial charge in [0.05, 0.1) is 12.3 Å². The van der Waals surface area contributed by atoms with Crippen molar-refractivity contribution in [1.82, 2.24) is 19.8 Å². The molecule has 3 rings (SSSR count). The van der Waals surface area contributed by atoms with Crippen LogP contribution in [0, 0.1) is 0 Å². The summed E-state index contributed by atoms with van der Waals surface area (Å²) in [5, 5.41) is 4.64. The Kier molecular flexibility index (Phi) is 4.41. The largest absolute Gasteiger partial charge is 0.337 e. The Morgan fingerprint density at radius 3 is 2.70 bits per heavy atom. The zero-order valence-electron chi connectivity index (χ0n) is 12.7. The van der Waals surface area contributed by atoms with Crippen LogP contribution in [0.4, 0.5) is 0 Å². The molecule has 0 amide bonds. The molecule has 1 saturated heterocycles. The number of nitrogens with one attached hydrogen (secondary N) is 1. The van der Waals surface area contributed by atoms with E-state index in [1.807, 2.05) is 24.1 Å². The topological polar surface area (TPSA) is 88.3 Å². The van der Waals surface area contributed by atoms with E-state index in [2.05, 4.69) is 14.9 Å². The fraction of sp³-hybridized carbons (Fsp3) is 0.429. The number of hydrogen-bond acceptors (Lipinski definition) is 6. The van der Waals surface area contributed by atoms with E-state index >= 15 is 0 Å². The van der Waals surface area contributed by atoms with Crippen molar-refractivity contribution in [2.24, 2.45) is 0 Å². The molecule has 2 atom stereocenters. The second-order valence-corrected chi connectivity index (χ2v) is 7.96. The van der Waals surface area contributed by atoms with Gasteiger partial charge in [-0.15, -0.1) is 0 Å². The molecule has 1 fully saturated rings. The highest BCUT2D eigenvalue weighted by Gasteiger charge is 2.35. The smallest absolute Gasteiger partial charge is 0.244 e. The predicted molar refractivity (Wildman–Crippen MR) is 86.5 cm³/mol. The van der Waals surface area contributed by atoms with Crippen LogP contribution in [-0.2, 0) is 10.0 Å². The quantitative estimate of drug-likeness (QED) is 0.896. The molecule has 1 aliphatic rings. The second kappa shape index (κ2) is 6.20. The lowest BCUT2D eigenvalue weighted by Crippen LogP contribution is -2.35. The highest BCUT2D eigenvalue weighted by atomic mass is 35.5. The van der Waals surface area contributed by atoms with Gasteiger partial charge in [0, 0.05) is 23.2 Å². The molecule has 0 aliphatic carbocycles. The van der Waals surface area contributed by atoms with E-state index in [1.54, 1.807) is 12.1 Å². The third kappa shape index (κ3) is 3.89. The summed E-state index contributed by atoms with van der Waals surface area (Å²) in [7, 11) is -1.33. The maximum Gasteiger partial charge on any atom is 0.244 e. The molecule has 0 radical (unpaired) electrons. The van der Waals surface area contributed by atoms with Gasteiger partial charge in [-0.05, 0) is 37.7 Å². The monoisotopic (exact) mass is 356 g/mol. The molecule has 0 saturated carbocycles.